The Morgan fingerprint density at radius 3 is 2.68 bits per heavy atom. The molecule has 2 heterocycles. The summed E-state index contributed by atoms with van der Waals surface area (Å²) in [6, 6.07) is 6.55. The second kappa shape index (κ2) is 7.29. The van der Waals surface area contributed by atoms with Gasteiger partial charge in [0.1, 0.15) is 6.04 Å². The van der Waals surface area contributed by atoms with Crippen LogP contribution in [-0.2, 0) is 4.79 Å². The van der Waals surface area contributed by atoms with Crippen LogP contribution in [0.3, 0.4) is 0 Å². The molecule has 1 atom stereocenters. The van der Waals surface area contributed by atoms with Gasteiger partial charge in [-0.05, 0) is 56.2 Å². The van der Waals surface area contributed by atoms with Crippen LogP contribution in [0.5, 0.6) is 0 Å². The minimum Gasteiger partial charge on any atom is -0.336 e. The van der Waals surface area contributed by atoms with Crippen molar-refractivity contribution in [1.29, 1.82) is 0 Å². The van der Waals surface area contributed by atoms with Gasteiger partial charge in [0.15, 0.2) is 0 Å². The van der Waals surface area contributed by atoms with Crippen molar-refractivity contribution in [2.24, 2.45) is 0 Å². The van der Waals surface area contributed by atoms with Crippen molar-refractivity contribution in [2.45, 2.75) is 38.8 Å². The van der Waals surface area contributed by atoms with Crippen LogP contribution < -0.4 is 10.6 Å². The first-order chi connectivity index (χ1) is 12.0. The molecule has 0 radical (unpaired) electrons. The third kappa shape index (κ3) is 3.93. The average molecular weight is 343 g/mol. The zero-order chi connectivity index (χ0) is 17.8. The SMILES string of the molecule is CC(C)NC(=O)N1CCC[C@H]1C(=O)Nc1ccc(-c2nn[nH]n2)cc1. The number of nitrogens with one attached hydrogen (secondary N) is 3. The van der Waals surface area contributed by atoms with Gasteiger partial charge in [-0.25, -0.2) is 4.79 Å². The number of anilines is 1. The first-order valence-corrected chi connectivity index (χ1v) is 8.26. The number of aromatic amines is 1. The van der Waals surface area contributed by atoms with Crippen molar-refractivity contribution in [3.63, 3.8) is 0 Å². The summed E-state index contributed by atoms with van der Waals surface area (Å²) in [6.45, 7) is 4.38. The average Bonchev–Trinajstić information content (AvgIpc) is 3.26. The molecule has 9 nitrogen and oxygen atoms in total. The first kappa shape index (κ1) is 16.9. The highest BCUT2D eigenvalue weighted by molar-refractivity contribution is 5.97. The van der Waals surface area contributed by atoms with Gasteiger partial charge in [0, 0.05) is 23.8 Å². The second-order valence-electron chi connectivity index (χ2n) is 6.26. The second-order valence-corrected chi connectivity index (χ2v) is 6.26. The standard InChI is InChI=1S/C16H21N7O2/c1-10(2)17-16(25)23-9-3-4-13(23)15(24)18-12-7-5-11(6-8-12)14-19-21-22-20-14/h5-8,10,13H,3-4,9H2,1-2H3,(H,17,25)(H,18,24)(H,19,20,21,22)/t13-/m0/s1. The van der Waals surface area contributed by atoms with Crippen LogP contribution in [-0.4, -0.2) is 56.1 Å². The van der Waals surface area contributed by atoms with E-state index in [2.05, 4.69) is 31.3 Å². The summed E-state index contributed by atoms with van der Waals surface area (Å²) in [5.74, 6) is 0.314. The Morgan fingerprint density at radius 1 is 1.28 bits per heavy atom. The van der Waals surface area contributed by atoms with Gasteiger partial charge in [-0.2, -0.15) is 5.21 Å². The van der Waals surface area contributed by atoms with E-state index in [9.17, 15) is 9.59 Å². The van der Waals surface area contributed by atoms with Gasteiger partial charge in [-0.1, -0.05) is 0 Å². The fourth-order valence-electron chi connectivity index (χ4n) is 2.82. The highest BCUT2D eigenvalue weighted by atomic mass is 16.2. The molecule has 3 amide bonds. The molecular formula is C16H21N7O2. The summed E-state index contributed by atoms with van der Waals surface area (Å²) in [4.78, 5) is 26.4. The van der Waals surface area contributed by atoms with Crippen molar-refractivity contribution in [3.05, 3.63) is 24.3 Å². The van der Waals surface area contributed by atoms with Gasteiger partial charge in [0.25, 0.3) is 0 Å². The molecule has 0 aliphatic carbocycles. The number of amides is 3. The molecule has 9 heteroatoms. The van der Waals surface area contributed by atoms with Crippen molar-refractivity contribution in [3.8, 4) is 11.4 Å². The molecule has 1 aliphatic heterocycles. The molecule has 1 aliphatic rings. The van der Waals surface area contributed by atoms with E-state index < -0.39 is 6.04 Å². The smallest absolute Gasteiger partial charge is 0.318 e. The highest BCUT2D eigenvalue weighted by Gasteiger charge is 2.34. The van der Waals surface area contributed by atoms with Crippen molar-refractivity contribution in [2.75, 3.05) is 11.9 Å². The van der Waals surface area contributed by atoms with Crippen LogP contribution in [0.2, 0.25) is 0 Å². The monoisotopic (exact) mass is 343 g/mol. The van der Waals surface area contributed by atoms with Crippen LogP contribution in [0.4, 0.5) is 10.5 Å². The molecule has 1 aromatic heterocycles. The molecule has 1 fully saturated rings. The van der Waals surface area contributed by atoms with Gasteiger partial charge >= 0.3 is 6.03 Å². The number of likely N-dealkylation sites (tertiary alicyclic amines) is 1. The lowest BCUT2D eigenvalue weighted by Crippen LogP contribution is -2.49. The van der Waals surface area contributed by atoms with Crippen molar-refractivity contribution in [1.82, 2.24) is 30.8 Å². The predicted octanol–water partition coefficient (Wildman–Crippen LogP) is 1.39. The number of carbonyl (C=O) groups is 2. The fourth-order valence-corrected chi connectivity index (χ4v) is 2.82. The molecule has 3 rings (SSSR count). The Bertz CT molecular complexity index is 727. The summed E-state index contributed by atoms with van der Waals surface area (Å²) >= 11 is 0. The number of rotatable bonds is 4. The van der Waals surface area contributed by atoms with Crippen LogP contribution in [0, 0.1) is 0 Å². The molecule has 1 saturated heterocycles. The number of hydrogen-bond acceptors (Lipinski definition) is 5. The maximum Gasteiger partial charge on any atom is 0.318 e. The Balaban J connectivity index is 1.64. The number of H-pyrrole nitrogens is 1. The number of tetrazole rings is 1. The molecule has 0 saturated carbocycles. The summed E-state index contributed by atoms with van der Waals surface area (Å²) < 4.78 is 0. The molecule has 1 aromatic carbocycles. The maximum absolute atomic E-state index is 12.6. The third-order valence-electron chi connectivity index (χ3n) is 3.98. The molecule has 3 N–H and O–H groups in total. The largest absolute Gasteiger partial charge is 0.336 e. The number of benzene rings is 1. The molecular weight excluding hydrogens is 322 g/mol. The summed E-state index contributed by atoms with van der Waals surface area (Å²) in [5.41, 5.74) is 1.46. The predicted molar refractivity (Wildman–Crippen MR) is 91.6 cm³/mol. The normalized spacial score (nSPS) is 16.9. The quantitative estimate of drug-likeness (QED) is 0.776. The lowest BCUT2D eigenvalue weighted by atomic mass is 10.1. The Labute approximate surface area is 145 Å². The summed E-state index contributed by atoms with van der Waals surface area (Å²) in [6.07, 6.45) is 1.48. The van der Waals surface area contributed by atoms with E-state index in [1.165, 1.54) is 0 Å². The minimum atomic E-state index is -0.448. The van der Waals surface area contributed by atoms with E-state index in [-0.39, 0.29) is 18.0 Å². The van der Waals surface area contributed by atoms with Gasteiger partial charge < -0.3 is 15.5 Å². The van der Waals surface area contributed by atoms with E-state index in [0.29, 0.717) is 24.5 Å². The summed E-state index contributed by atoms with van der Waals surface area (Å²) in [5, 5.41) is 19.4. The zero-order valence-electron chi connectivity index (χ0n) is 14.2. The molecule has 0 unspecified atom stereocenters. The van der Waals surface area contributed by atoms with E-state index in [4.69, 9.17) is 0 Å². The van der Waals surface area contributed by atoms with E-state index in [0.717, 1.165) is 12.0 Å². The van der Waals surface area contributed by atoms with Crippen molar-refractivity contribution >= 4 is 17.6 Å². The van der Waals surface area contributed by atoms with Crippen molar-refractivity contribution < 1.29 is 9.59 Å². The first-order valence-electron chi connectivity index (χ1n) is 8.26. The number of hydrogen-bond donors (Lipinski definition) is 3. The topological polar surface area (TPSA) is 116 Å². The molecule has 25 heavy (non-hydrogen) atoms. The van der Waals surface area contributed by atoms with E-state index >= 15 is 0 Å². The number of nitrogens with zero attached hydrogens (tertiary/aromatic N) is 4. The Morgan fingerprint density at radius 2 is 2.04 bits per heavy atom. The Hall–Kier alpha value is -2.97. The maximum atomic E-state index is 12.6. The van der Waals surface area contributed by atoms with Gasteiger partial charge in [0.05, 0.1) is 0 Å². The number of carbonyl (C=O) groups excluding carboxylic acids is 2. The van der Waals surface area contributed by atoms with E-state index in [1.807, 2.05) is 13.8 Å². The van der Waals surface area contributed by atoms with Gasteiger partial charge in [-0.15, -0.1) is 10.2 Å². The minimum absolute atomic E-state index is 0.0366. The Kier molecular flexibility index (Phi) is 4.92. The van der Waals surface area contributed by atoms with Crippen LogP contribution >= 0.6 is 0 Å². The molecule has 0 spiro atoms. The molecule has 132 valence electrons. The lowest BCUT2D eigenvalue weighted by molar-refractivity contribution is -0.119. The lowest BCUT2D eigenvalue weighted by Gasteiger charge is -2.25. The van der Waals surface area contributed by atoms with Gasteiger partial charge in [0.2, 0.25) is 11.7 Å². The highest BCUT2D eigenvalue weighted by Crippen LogP contribution is 2.21. The van der Waals surface area contributed by atoms with E-state index in [1.54, 1.807) is 29.2 Å². The fraction of sp³-hybridized carbons (Fsp3) is 0.438. The molecule has 0 bridgehead atoms. The number of urea groups is 1. The number of aromatic nitrogens is 4. The zero-order valence-corrected chi connectivity index (χ0v) is 14.2. The third-order valence-corrected chi connectivity index (χ3v) is 3.98. The van der Waals surface area contributed by atoms with Crippen LogP contribution in [0.1, 0.15) is 26.7 Å². The summed E-state index contributed by atoms with van der Waals surface area (Å²) in [7, 11) is 0. The van der Waals surface area contributed by atoms with Crippen LogP contribution in [0.25, 0.3) is 11.4 Å². The van der Waals surface area contributed by atoms with Crippen LogP contribution in [0.15, 0.2) is 24.3 Å². The van der Waals surface area contributed by atoms with Gasteiger partial charge in [-0.3, -0.25) is 4.79 Å². The molecule has 2 aromatic rings.